The van der Waals surface area contributed by atoms with E-state index in [1.807, 2.05) is 6.92 Å². The number of benzene rings is 1. The Kier molecular flexibility index (Phi) is 4.57. The fourth-order valence-corrected chi connectivity index (χ4v) is 2.33. The number of non-ortho nitro benzene ring substituents is 1. The van der Waals surface area contributed by atoms with Crippen molar-refractivity contribution in [2.24, 2.45) is 0 Å². The topological polar surface area (TPSA) is 89.4 Å². The van der Waals surface area contributed by atoms with Gasteiger partial charge in [-0.05, 0) is 12.5 Å². The first kappa shape index (κ1) is 12.8. The summed E-state index contributed by atoms with van der Waals surface area (Å²) in [6.07, 6.45) is 0.646. The van der Waals surface area contributed by atoms with Crippen LogP contribution in [0.3, 0.4) is 0 Å². The maximum atomic E-state index is 10.6. The normalized spacial score (nSPS) is 12.4. The molecule has 16 heavy (non-hydrogen) atoms. The number of rotatable bonds is 5. The van der Waals surface area contributed by atoms with E-state index < -0.39 is 4.92 Å². The Bertz CT molecular complexity index is 384. The Hall–Kier alpha value is -1.27. The van der Waals surface area contributed by atoms with Crippen molar-refractivity contribution in [3.8, 4) is 0 Å². The zero-order chi connectivity index (χ0) is 12.1. The lowest BCUT2D eigenvalue weighted by Crippen LogP contribution is -2.00. The van der Waals surface area contributed by atoms with Crippen molar-refractivity contribution in [2.45, 2.75) is 23.5 Å². The molecule has 0 fully saturated rings. The lowest BCUT2D eigenvalue weighted by atomic mass is 10.3. The monoisotopic (exact) mass is 242 g/mol. The van der Waals surface area contributed by atoms with Crippen LogP contribution in [0.15, 0.2) is 23.1 Å². The van der Waals surface area contributed by atoms with Crippen molar-refractivity contribution in [2.75, 3.05) is 12.3 Å². The van der Waals surface area contributed by atoms with Gasteiger partial charge in [0.15, 0.2) is 0 Å². The van der Waals surface area contributed by atoms with Crippen LogP contribution in [0.2, 0.25) is 0 Å². The molecular formula is C10H14N2O3S. The third kappa shape index (κ3) is 3.71. The van der Waals surface area contributed by atoms with Gasteiger partial charge in [-0.2, -0.15) is 0 Å². The van der Waals surface area contributed by atoms with E-state index in [0.29, 0.717) is 12.1 Å². The Balaban J connectivity index is 2.84. The quantitative estimate of drug-likeness (QED) is 0.357. The minimum Gasteiger partial charge on any atom is -0.398 e. The largest absolute Gasteiger partial charge is 0.398 e. The number of aliphatic hydroxyl groups excluding tert-OH is 1. The lowest BCUT2D eigenvalue weighted by molar-refractivity contribution is -0.385. The number of aliphatic hydroxyl groups is 1. The third-order valence-corrected chi connectivity index (χ3v) is 3.14. The van der Waals surface area contributed by atoms with Gasteiger partial charge in [-0.3, -0.25) is 10.1 Å². The second-order valence-electron chi connectivity index (χ2n) is 3.46. The van der Waals surface area contributed by atoms with Crippen molar-refractivity contribution in [1.29, 1.82) is 0 Å². The molecule has 0 saturated carbocycles. The molecule has 0 spiro atoms. The summed E-state index contributed by atoms with van der Waals surface area (Å²) in [6.45, 7) is 2.06. The molecule has 1 unspecified atom stereocenters. The number of anilines is 1. The van der Waals surface area contributed by atoms with Crippen LogP contribution in [0.1, 0.15) is 13.3 Å². The van der Waals surface area contributed by atoms with Crippen molar-refractivity contribution in [3.05, 3.63) is 28.3 Å². The van der Waals surface area contributed by atoms with E-state index >= 15 is 0 Å². The van der Waals surface area contributed by atoms with Gasteiger partial charge >= 0.3 is 0 Å². The Morgan fingerprint density at radius 2 is 2.25 bits per heavy atom. The maximum Gasteiger partial charge on any atom is 0.272 e. The van der Waals surface area contributed by atoms with Crippen LogP contribution in [0.4, 0.5) is 11.4 Å². The van der Waals surface area contributed by atoms with Crippen LogP contribution in [0.5, 0.6) is 0 Å². The molecule has 0 aliphatic carbocycles. The highest BCUT2D eigenvalue weighted by Gasteiger charge is 2.11. The summed E-state index contributed by atoms with van der Waals surface area (Å²) in [4.78, 5) is 10.9. The second-order valence-corrected chi connectivity index (χ2v) is 4.97. The molecule has 1 atom stereocenters. The minimum atomic E-state index is -0.461. The van der Waals surface area contributed by atoms with Gasteiger partial charge in [-0.25, -0.2) is 0 Å². The molecule has 1 aromatic rings. The minimum absolute atomic E-state index is 0.00121. The fraction of sp³-hybridized carbons (Fsp3) is 0.400. The van der Waals surface area contributed by atoms with Crippen molar-refractivity contribution in [3.63, 3.8) is 0 Å². The molecule has 3 N–H and O–H groups in total. The summed E-state index contributed by atoms with van der Waals surface area (Å²) in [7, 11) is 0. The highest BCUT2D eigenvalue weighted by Crippen LogP contribution is 2.30. The number of nitro benzene ring substituents is 1. The molecule has 0 aliphatic heterocycles. The molecule has 88 valence electrons. The third-order valence-electron chi connectivity index (χ3n) is 2.00. The first-order valence-electron chi connectivity index (χ1n) is 4.85. The van der Waals surface area contributed by atoms with E-state index in [1.54, 1.807) is 6.07 Å². The van der Waals surface area contributed by atoms with Crippen LogP contribution < -0.4 is 5.73 Å². The van der Waals surface area contributed by atoms with E-state index in [9.17, 15) is 10.1 Å². The van der Waals surface area contributed by atoms with Crippen molar-refractivity contribution < 1.29 is 10.0 Å². The smallest absolute Gasteiger partial charge is 0.272 e. The van der Waals surface area contributed by atoms with Crippen molar-refractivity contribution >= 4 is 23.1 Å². The first-order chi connectivity index (χ1) is 7.52. The Labute approximate surface area is 97.8 Å². The molecule has 0 aromatic heterocycles. The molecule has 0 bridgehead atoms. The van der Waals surface area contributed by atoms with Gasteiger partial charge in [0.25, 0.3) is 5.69 Å². The van der Waals surface area contributed by atoms with Crippen LogP contribution in [0.25, 0.3) is 0 Å². The van der Waals surface area contributed by atoms with Gasteiger partial charge in [0, 0.05) is 34.6 Å². The first-order valence-corrected chi connectivity index (χ1v) is 5.73. The number of nitrogens with zero attached hydrogens (tertiary/aromatic N) is 1. The van der Waals surface area contributed by atoms with Gasteiger partial charge in [-0.1, -0.05) is 6.92 Å². The van der Waals surface area contributed by atoms with Gasteiger partial charge in [-0.15, -0.1) is 11.8 Å². The molecule has 5 nitrogen and oxygen atoms in total. The number of hydrogen-bond acceptors (Lipinski definition) is 5. The second kappa shape index (κ2) is 5.72. The Morgan fingerprint density at radius 3 is 2.81 bits per heavy atom. The zero-order valence-electron chi connectivity index (χ0n) is 8.92. The molecule has 0 amide bonds. The highest BCUT2D eigenvalue weighted by molar-refractivity contribution is 8.00. The summed E-state index contributed by atoms with van der Waals surface area (Å²) in [5.74, 6) is 0. The van der Waals surface area contributed by atoms with E-state index in [1.165, 1.54) is 23.9 Å². The molecule has 0 heterocycles. The number of nitro groups is 1. The average Bonchev–Trinajstić information content (AvgIpc) is 2.16. The molecule has 0 aliphatic rings. The summed E-state index contributed by atoms with van der Waals surface area (Å²) < 4.78 is 0. The van der Waals surface area contributed by atoms with Gasteiger partial charge in [0.1, 0.15) is 0 Å². The van der Waals surface area contributed by atoms with Gasteiger partial charge in [0.05, 0.1) is 4.92 Å². The molecular weight excluding hydrogens is 228 g/mol. The maximum absolute atomic E-state index is 10.6. The summed E-state index contributed by atoms with van der Waals surface area (Å²) >= 11 is 1.47. The van der Waals surface area contributed by atoms with Crippen LogP contribution in [-0.4, -0.2) is 21.9 Å². The van der Waals surface area contributed by atoms with E-state index in [-0.39, 0.29) is 17.5 Å². The summed E-state index contributed by atoms with van der Waals surface area (Å²) in [5.41, 5.74) is 5.96. The van der Waals surface area contributed by atoms with E-state index in [2.05, 4.69) is 0 Å². The standard InChI is InChI=1S/C10H14N2O3S/c1-7(2-3-13)16-10-5-8(11)4-9(6-10)12(14)15/h4-7,13H,2-3,11H2,1H3. The number of nitrogen functional groups attached to an aromatic ring is 1. The molecule has 1 rings (SSSR count). The lowest BCUT2D eigenvalue weighted by Gasteiger charge is -2.09. The summed E-state index contributed by atoms with van der Waals surface area (Å²) in [5, 5.41) is 19.6. The predicted molar refractivity (Wildman–Crippen MR) is 64.5 cm³/mol. The molecule has 0 radical (unpaired) electrons. The van der Waals surface area contributed by atoms with E-state index in [4.69, 9.17) is 10.8 Å². The summed E-state index contributed by atoms with van der Waals surface area (Å²) in [6, 6.07) is 4.53. The fourth-order valence-electron chi connectivity index (χ4n) is 1.25. The van der Waals surface area contributed by atoms with Crippen molar-refractivity contribution in [1.82, 2.24) is 0 Å². The highest BCUT2D eigenvalue weighted by atomic mass is 32.2. The van der Waals surface area contributed by atoms with Gasteiger partial charge < -0.3 is 10.8 Å². The molecule has 1 aromatic carbocycles. The van der Waals surface area contributed by atoms with Gasteiger partial charge in [0.2, 0.25) is 0 Å². The Morgan fingerprint density at radius 1 is 1.56 bits per heavy atom. The predicted octanol–water partition coefficient (Wildman–Crippen LogP) is 2.04. The van der Waals surface area contributed by atoms with Crippen LogP contribution in [0, 0.1) is 10.1 Å². The number of nitrogens with two attached hydrogens (primary N) is 1. The van der Waals surface area contributed by atoms with E-state index in [0.717, 1.165) is 4.90 Å². The SMILES string of the molecule is CC(CCO)Sc1cc(N)cc([N+](=O)[O-])c1. The molecule has 6 heteroatoms. The number of hydrogen-bond donors (Lipinski definition) is 2. The van der Waals surface area contributed by atoms with Crippen LogP contribution >= 0.6 is 11.8 Å². The molecule has 0 saturated heterocycles. The zero-order valence-corrected chi connectivity index (χ0v) is 9.74. The number of thioether (sulfide) groups is 1. The average molecular weight is 242 g/mol. The van der Waals surface area contributed by atoms with Crippen LogP contribution in [-0.2, 0) is 0 Å².